The minimum absolute atomic E-state index is 0.0615. The van der Waals surface area contributed by atoms with E-state index in [2.05, 4.69) is 15.9 Å². The average Bonchev–Trinajstić information content (AvgIpc) is 2.18. The summed E-state index contributed by atoms with van der Waals surface area (Å²) in [5.74, 6) is 0.805. The van der Waals surface area contributed by atoms with Crippen LogP contribution in [0.25, 0.3) is 0 Å². The second kappa shape index (κ2) is 5.16. The Bertz CT molecular complexity index is 364. The molecule has 0 heterocycles. The third-order valence-corrected chi connectivity index (χ3v) is 2.58. The van der Waals surface area contributed by atoms with Gasteiger partial charge in [-0.25, -0.2) is 0 Å². The monoisotopic (exact) mass is 271 g/mol. The Morgan fingerprint density at radius 3 is 2.67 bits per heavy atom. The normalized spacial score (nSPS) is 9.87. The summed E-state index contributed by atoms with van der Waals surface area (Å²) in [5.41, 5.74) is 0.894. The highest BCUT2D eigenvalue weighted by Gasteiger charge is 2.10. The Balaban J connectivity index is 2.92. The molecule has 0 aliphatic heterocycles. The summed E-state index contributed by atoms with van der Waals surface area (Å²) < 4.78 is 6.14. The lowest BCUT2D eigenvalue weighted by atomic mass is 10.1. The van der Waals surface area contributed by atoms with Crippen LogP contribution in [-0.2, 0) is 11.2 Å². The van der Waals surface area contributed by atoms with Crippen molar-refractivity contribution in [1.82, 2.24) is 4.90 Å². The Labute approximate surface area is 98.2 Å². The van der Waals surface area contributed by atoms with Gasteiger partial charge in [0, 0.05) is 24.1 Å². The molecule has 0 bridgehead atoms. The first-order valence-corrected chi connectivity index (χ1v) is 5.36. The van der Waals surface area contributed by atoms with Crippen LogP contribution in [0.5, 0.6) is 5.75 Å². The Morgan fingerprint density at radius 1 is 1.47 bits per heavy atom. The first-order valence-electron chi connectivity index (χ1n) is 4.57. The van der Waals surface area contributed by atoms with Crippen LogP contribution in [-0.4, -0.2) is 32.0 Å². The molecule has 15 heavy (non-hydrogen) atoms. The molecule has 0 aliphatic carbocycles. The van der Waals surface area contributed by atoms with Gasteiger partial charge in [-0.15, -0.1) is 0 Å². The zero-order chi connectivity index (χ0) is 11.4. The van der Waals surface area contributed by atoms with Crippen molar-refractivity contribution in [2.24, 2.45) is 0 Å². The summed E-state index contributed by atoms with van der Waals surface area (Å²) >= 11 is 3.37. The molecule has 82 valence electrons. The second-order valence-corrected chi connectivity index (χ2v) is 4.34. The van der Waals surface area contributed by atoms with Crippen molar-refractivity contribution in [2.45, 2.75) is 6.42 Å². The van der Waals surface area contributed by atoms with Crippen LogP contribution >= 0.6 is 15.9 Å². The highest BCUT2D eigenvalue weighted by Crippen LogP contribution is 2.23. The number of rotatable bonds is 3. The molecule has 1 aromatic carbocycles. The Hall–Kier alpha value is -1.03. The molecular formula is C11H14BrNO2. The van der Waals surface area contributed by atoms with E-state index < -0.39 is 0 Å². The van der Waals surface area contributed by atoms with Crippen molar-refractivity contribution in [1.29, 1.82) is 0 Å². The summed E-state index contributed by atoms with van der Waals surface area (Å²) in [6, 6.07) is 5.64. The van der Waals surface area contributed by atoms with Gasteiger partial charge in [0.1, 0.15) is 5.75 Å². The highest BCUT2D eigenvalue weighted by atomic mass is 79.9. The molecule has 1 amide bonds. The van der Waals surface area contributed by atoms with Crippen LogP contribution in [0, 0.1) is 0 Å². The van der Waals surface area contributed by atoms with Crippen molar-refractivity contribution in [2.75, 3.05) is 21.2 Å². The zero-order valence-corrected chi connectivity index (χ0v) is 10.7. The van der Waals surface area contributed by atoms with E-state index in [1.807, 2.05) is 18.2 Å². The lowest BCUT2D eigenvalue weighted by molar-refractivity contribution is -0.127. The Kier molecular flexibility index (Phi) is 4.15. The van der Waals surface area contributed by atoms with Crippen LogP contribution in [0.1, 0.15) is 5.56 Å². The van der Waals surface area contributed by atoms with E-state index >= 15 is 0 Å². The molecular weight excluding hydrogens is 258 g/mol. The summed E-state index contributed by atoms with van der Waals surface area (Å²) in [6.07, 6.45) is 0.357. The fourth-order valence-electron chi connectivity index (χ4n) is 1.21. The number of hydrogen-bond donors (Lipinski definition) is 0. The molecule has 0 saturated carbocycles. The number of likely N-dealkylation sites (N-methyl/N-ethyl adjacent to an activating group) is 1. The van der Waals surface area contributed by atoms with E-state index in [1.165, 1.54) is 0 Å². The van der Waals surface area contributed by atoms with E-state index in [1.54, 1.807) is 26.1 Å². The minimum atomic E-state index is 0.0615. The van der Waals surface area contributed by atoms with E-state index in [0.29, 0.717) is 6.42 Å². The molecule has 0 fully saturated rings. The first-order chi connectivity index (χ1) is 7.04. The van der Waals surface area contributed by atoms with Gasteiger partial charge in [-0.1, -0.05) is 15.9 Å². The van der Waals surface area contributed by atoms with Gasteiger partial charge >= 0.3 is 0 Å². The molecule has 0 aliphatic rings. The fourth-order valence-corrected chi connectivity index (χ4v) is 1.61. The lowest BCUT2D eigenvalue weighted by Crippen LogP contribution is -2.23. The molecule has 3 nitrogen and oxygen atoms in total. The first kappa shape index (κ1) is 12.0. The SMILES string of the molecule is COc1ccc(Br)cc1CC(=O)N(C)C. The van der Waals surface area contributed by atoms with Gasteiger partial charge in [-0.05, 0) is 18.2 Å². The quantitative estimate of drug-likeness (QED) is 0.843. The van der Waals surface area contributed by atoms with Crippen molar-refractivity contribution in [3.8, 4) is 5.75 Å². The number of amides is 1. The van der Waals surface area contributed by atoms with Gasteiger partial charge in [-0.3, -0.25) is 4.79 Å². The van der Waals surface area contributed by atoms with Gasteiger partial charge in [-0.2, -0.15) is 0 Å². The fraction of sp³-hybridized carbons (Fsp3) is 0.364. The van der Waals surface area contributed by atoms with E-state index in [9.17, 15) is 4.79 Å². The summed E-state index contributed by atoms with van der Waals surface area (Å²) in [6.45, 7) is 0. The average molecular weight is 272 g/mol. The molecule has 0 atom stereocenters. The third kappa shape index (κ3) is 3.23. The maximum absolute atomic E-state index is 11.5. The molecule has 0 spiro atoms. The number of carbonyl (C=O) groups is 1. The molecule has 0 saturated heterocycles. The minimum Gasteiger partial charge on any atom is -0.496 e. The van der Waals surface area contributed by atoms with Crippen molar-refractivity contribution >= 4 is 21.8 Å². The van der Waals surface area contributed by atoms with Crippen LogP contribution < -0.4 is 4.74 Å². The number of methoxy groups -OCH3 is 1. The predicted octanol–water partition coefficient (Wildman–Crippen LogP) is 2.09. The smallest absolute Gasteiger partial charge is 0.226 e. The highest BCUT2D eigenvalue weighted by molar-refractivity contribution is 9.10. The van der Waals surface area contributed by atoms with Gasteiger partial charge in [0.25, 0.3) is 0 Å². The molecule has 0 unspecified atom stereocenters. The standard InChI is InChI=1S/C11H14BrNO2/c1-13(2)11(14)7-8-6-9(12)4-5-10(8)15-3/h4-6H,7H2,1-3H3. The molecule has 4 heteroatoms. The number of nitrogens with zero attached hydrogens (tertiary/aromatic N) is 1. The van der Waals surface area contributed by atoms with E-state index in [-0.39, 0.29) is 5.91 Å². The van der Waals surface area contributed by atoms with E-state index in [4.69, 9.17) is 4.74 Å². The largest absolute Gasteiger partial charge is 0.496 e. The molecule has 0 N–H and O–H groups in total. The van der Waals surface area contributed by atoms with Crippen LogP contribution in [0.3, 0.4) is 0 Å². The van der Waals surface area contributed by atoms with E-state index in [0.717, 1.165) is 15.8 Å². The number of halogens is 1. The molecule has 0 aromatic heterocycles. The molecule has 1 rings (SSSR count). The maximum atomic E-state index is 11.5. The van der Waals surface area contributed by atoms with Gasteiger partial charge in [0.2, 0.25) is 5.91 Å². The Morgan fingerprint density at radius 2 is 2.13 bits per heavy atom. The van der Waals surface area contributed by atoms with Gasteiger partial charge in [0.15, 0.2) is 0 Å². The number of ether oxygens (including phenoxy) is 1. The second-order valence-electron chi connectivity index (χ2n) is 3.42. The third-order valence-electron chi connectivity index (χ3n) is 2.08. The van der Waals surface area contributed by atoms with Crippen LogP contribution in [0.4, 0.5) is 0 Å². The topological polar surface area (TPSA) is 29.5 Å². The lowest BCUT2D eigenvalue weighted by Gasteiger charge is -2.12. The van der Waals surface area contributed by atoms with Crippen LogP contribution in [0.2, 0.25) is 0 Å². The predicted molar refractivity (Wildman–Crippen MR) is 63.1 cm³/mol. The van der Waals surface area contributed by atoms with Crippen molar-refractivity contribution < 1.29 is 9.53 Å². The van der Waals surface area contributed by atoms with Gasteiger partial charge < -0.3 is 9.64 Å². The number of benzene rings is 1. The maximum Gasteiger partial charge on any atom is 0.226 e. The van der Waals surface area contributed by atoms with Crippen LogP contribution in [0.15, 0.2) is 22.7 Å². The number of hydrogen-bond acceptors (Lipinski definition) is 2. The zero-order valence-electron chi connectivity index (χ0n) is 9.08. The molecule has 1 aromatic rings. The van der Waals surface area contributed by atoms with Crippen molar-refractivity contribution in [3.63, 3.8) is 0 Å². The van der Waals surface area contributed by atoms with Gasteiger partial charge in [0.05, 0.1) is 13.5 Å². The number of carbonyl (C=O) groups excluding carboxylic acids is 1. The summed E-state index contributed by atoms with van der Waals surface area (Å²) in [5, 5.41) is 0. The van der Waals surface area contributed by atoms with Crippen molar-refractivity contribution in [3.05, 3.63) is 28.2 Å². The molecule has 0 radical (unpaired) electrons. The summed E-state index contributed by atoms with van der Waals surface area (Å²) in [4.78, 5) is 13.1. The summed E-state index contributed by atoms with van der Waals surface area (Å²) in [7, 11) is 5.09.